The quantitative estimate of drug-likeness (QED) is 0.177. The Balaban J connectivity index is 0.984. The lowest BCUT2D eigenvalue weighted by atomic mass is 9.26. The number of fused-ring (bicyclic) bond motifs is 11. The van der Waals surface area contributed by atoms with Crippen molar-refractivity contribution in [2.75, 3.05) is 4.90 Å². The Morgan fingerprint density at radius 1 is 0.564 bits per heavy atom. The van der Waals surface area contributed by atoms with Gasteiger partial charge in [0.2, 0.25) is 0 Å². The summed E-state index contributed by atoms with van der Waals surface area (Å²) in [5, 5.41) is 2.27. The SMILES string of the molecule is Cc1cc(N(c2ccc(-c3ccccc3)cc2)c2cccc3oc4ccccc4c23)ccc1-c1cccc2c1C1(c3ccccc3-2)C2CC3CC4CC1C42C3. The van der Waals surface area contributed by atoms with Crippen LogP contribution in [0.1, 0.15) is 42.4 Å². The largest absolute Gasteiger partial charge is 0.456 e. The van der Waals surface area contributed by atoms with Gasteiger partial charge in [0.25, 0.3) is 0 Å². The van der Waals surface area contributed by atoms with Crippen LogP contribution in [-0.2, 0) is 5.41 Å². The van der Waals surface area contributed by atoms with Crippen LogP contribution in [-0.4, -0.2) is 0 Å². The van der Waals surface area contributed by atoms with Crippen LogP contribution in [0.25, 0.3) is 55.3 Å². The maximum Gasteiger partial charge on any atom is 0.137 e. The second-order valence-electron chi connectivity index (χ2n) is 17.3. The van der Waals surface area contributed by atoms with E-state index in [1.165, 1.54) is 64.6 Å². The first-order valence-electron chi connectivity index (χ1n) is 20.3. The molecule has 4 fully saturated rings. The van der Waals surface area contributed by atoms with Crippen LogP contribution in [0.2, 0.25) is 0 Å². The smallest absolute Gasteiger partial charge is 0.137 e. The molecule has 6 unspecified atom stereocenters. The van der Waals surface area contributed by atoms with Gasteiger partial charge in [-0.25, -0.2) is 0 Å². The highest BCUT2D eigenvalue weighted by atomic mass is 16.3. The summed E-state index contributed by atoms with van der Waals surface area (Å²) < 4.78 is 6.43. The molecule has 2 nitrogen and oxygen atoms in total. The summed E-state index contributed by atoms with van der Waals surface area (Å²) in [5.74, 6) is 3.48. The fraction of sp³-hybridized carbons (Fsp3) is 0.208. The predicted molar refractivity (Wildman–Crippen MR) is 225 cm³/mol. The van der Waals surface area contributed by atoms with Crippen molar-refractivity contribution in [3.63, 3.8) is 0 Å². The van der Waals surface area contributed by atoms with Crippen molar-refractivity contribution in [2.45, 2.75) is 38.0 Å². The molecule has 0 amide bonds. The van der Waals surface area contributed by atoms with Crippen molar-refractivity contribution < 1.29 is 4.42 Å². The van der Waals surface area contributed by atoms with Crippen molar-refractivity contribution in [3.8, 4) is 33.4 Å². The molecule has 1 aromatic heterocycles. The number of aryl methyl sites for hydroxylation is 1. The first-order chi connectivity index (χ1) is 27.1. The van der Waals surface area contributed by atoms with Gasteiger partial charge in [0.05, 0.1) is 11.1 Å². The average molecular weight is 708 g/mol. The molecular formula is C53H41NO. The molecule has 4 saturated carbocycles. The molecule has 1 heterocycles. The fourth-order valence-corrected chi connectivity index (χ4v) is 13.5. The lowest BCUT2D eigenvalue weighted by Crippen LogP contribution is -2.73. The normalized spacial score (nSPS) is 26.1. The molecule has 13 rings (SSSR count). The van der Waals surface area contributed by atoms with Gasteiger partial charge >= 0.3 is 0 Å². The molecule has 6 atom stereocenters. The summed E-state index contributed by atoms with van der Waals surface area (Å²) in [6.45, 7) is 2.33. The van der Waals surface area contributed by atoms with Crippen LogP contribution < -0.4 is 4.90 Å². The molecule has 5 aliphatic rings. The topological polar surface area (TPSA) is 16.4 Å². The van der Waals surface area contributed by atoms with Gasteiger partial charge < -0.3 is 9.32 Å². The summed E-state index contributed by atoms with van der Waals surface area (Å²) in [5.41, 5.74) is 18.7. The zero-order chi connectivity index (χ0) is 36.0. The molecule has 0 N–H and O–H groups in total. The second kappa shape index (κ2) is 10.7. The number of hydrogen-bond donors (Lipinski definition) is 0. The van der Waals surface area contributed by atoms with E-state index >= 15 is 0 Å². The molecule has 2 heteroatoms. The van der Waals surface area contributed by atoms with Crippen LogP contribution in [0.4, 0.5) is 17.1 Å². The van der Waals surface area contributed by atoms with Gasteiger partial charge in [-0.3, -0.25) is 0 Å². The van der Waals surface area contributed by atoms with Crippen molar-refractivity contribution in [2.24, 2.45) is 29.1 Å². The summed E-state index contributed by atoms with van der Waals surface area (Å²) in [4.78, 5) is 2.43. The Morgan fingerprint density at radius 2 is 1.25 bits per heavy atom. The Hall–Kier alpha value is -5.86. The maximum atomic E-state index is 6.43. The molecular weight excluding hydrogens is 667 g/mol. The van der Waals surface area contributed by atoms with Crippen molar-refractivity contribution in [1.82, 2.24) is 0 Å². The molecule has 8 aromatic rings. The summed E-state index contributed by atoms with van der Waals surface area (Å²) in [6, 6.07) is 58.5. The minimum absolute atomic E-state index is 0.157. The first-order valence-corrected chi connectivity index (χ1v) is 20.3. The summed E-state index contributed by atoms with van der Waals surface area (Å²) in [6.07, 6.45) is 5.81. The van der Waals surface area contributed by atoms with Gasteiger partial charge in [0.15, 0.2) is 0 Å². The van der Waals surface area contributed by atoms with E-state index in [9.17, 15) is 0 Å². The van der Waals surface area contributed by atoms with E-state index in [1.54, 1.807) is 11.1 Å². The molecule has 0 aliphatic heterocycles. The molecule has 2 bridgehead atoms. The maximum absolute atomic E-state index is 6.43. The van der Waals surface area contributed by atoms with Crippen LogP contribution in [0.15, 0.2) is 162 Å². The standard InChI is InChI=1S/C53H41NO/c1-32-27-38(54(37-23-21-35(22-24-37)34-11-3-2-4-12-34)45-18-10-20-47-50(45)43-14-6-8-19-46(43)55-47)25-26-39(32)41-15-9-16-42-40-13-5-7-17-44(40)53(51(41)42)48-29-33-28-36-30-49(53)52(36,48)31-33/h2-27,33,36,48-49H,28-31H2,1H3. The zero-order valence-corrected chi connectivity index (χ0v) is 31.0. The Kier molecular flexibility index (Phi) is 5.91. The molecule has 5 aliphatic carbocycles. The van der Waals surface area contributed by atoms with Gasteiger partial charge in [-0.1, -0.05) is 115 Å². The lowest BCUT2D eigenvalue weighted by Gasteiger charge is -2.76. The van der Waals surface area contributed by atoms with Gasteiger partial charge in [0, 0.05) is 22.2 Å². The predicted octanol–water partition coefficient (Wildman–Crippen LogP) is 14.0. The van der Waals surface area contributed by atoms with Gasteiger partial charge in [0.1, 0.15) is 11.2 Å². The van der Waals surface area contributed by atoms with Crippen LogP contribution in [0.3, 0.4) is 0 Å². The minimum atomic E-state index is 0.157. The van der Waals surface area contributed by atoms with E-state index in [0.29, 0.717) is 5.41 Å². The molecule has 0 saturated heterocycles. The Labute approximate surface area is 322 Å². The third kappa shape index (κ3) is 3.71. The summed E-state index contributed by atoms with van der Waals surface area (Å²) >= 11 is 0. The number of benzene rings is 7. The van der Waals surface area contributed by atoms with Gasteiger partial charge in [-0.2, -0.15) is 0 Å². The van der Waals surface area contributed by atoms with Crippen molar-refractivity contribution in [1.29, 1.82) is 0 Å². The number of nitrogens with zero attached hydrogens (tertiary/aromatic N) is 1. The second-order valence-corrected chi connectivity index (χ2v) is 17.3. The Morgan fingerprint density at radius 3 is 2.11 bits per heavy atom. The number of hydrogen-bond acceptors (Lipinski definition) is 2. The third-order valence-electron chi connectivity index (χ3n) is 15.3. The number of para-hydroxylation sites is 1. The van der Waals surface area contributed by atoms with E-state index < -0.39 is 0 Å². The van der Waals surface area contributed by atoms with E-state index in [1.807, 2.05) is 0 Å². The van der Waals surface area contributed by atoms with E-state index in [4.69, 9.17) is 4.42 Å². The number of furan rings is 1. The van der Waals surface area contributed by atoms with Crippen LogP contribution in [0, 0.1) is 36.0 Å². The monoisotopic (exact) mass is 707 g/mol. The molecule has 2 spiro atoms. The average Bonchev–Trinajstić information content (AvgIpc) is 3.97. The molecule has 7 aromatic carbocycles. The van der Waals surface area contributed by atoms with Crippen molar-refractivity contribution in [3.05, 3.63) is 174 Å². The molecule has 55 heavy (non-hydrogen) atoms. The lowest BCUT2D eigenvalue weighted by molar-refractivity contribution is -0.231. The highest BCUT2D eigenvalue weighted by Gasteiger charge is 2.84. The third-order valence-corrected chi connectivity index (χ3v) is 15.3. The highest BCUT2D eigenvalue weighted by molar-refractivity contribution is 6.13. The minimum Gasteiger partial charge on any atom is -0.456 e. The molecule has 264 valence electrons. The van der Waals surface area contributed by atoms with E-state index in [2.05, 4.69) is 170 Å². The summed E-state index contributed by atoms with van der Waals surface area (Å²) in [7, 11) is 0. The first kappa shape index (κ1) is 30.5. The molecule has 0 radical (unpaired) electrons. The number of rotatable bonds is 5. The van der Waals surface area contributed by atoms with Crippen molar-refractivity contribution >= 4 is 39.0 Å². The van der Waals surface area contributed by atoms with Crippen LogP contribution >= 0.6 is 0 Å². The number of anilines is 3. The van der Waals surface area contributed by atoms with E-state index in [-0.39, 0.29) is 5.41 Å². The van der Waals surface area contributed by atoms with Gasteiger partial charge in [-0.05, 0) is 154 Å². The Bertz CT molecular complexity index is 2880. The zero-order valence-electron chi connectivity index (χ0n) is 31.0. The fourth-order valence-electron chi connectivity index (χ4n) is 13.5. The highest BCUT2D eigenvalue weighted by Crippen LogP contribution is 2.90. The van der Waals surface area contributed by atoms with E-state index in [0.717, 1.165) is 62.7 Å². The van der Waals surface area contributed by atoms with Crippen LogP contribution in [0.5, 0.6) is 0 Å². The van der Waals surface area contributed by atoms with Gasteiger partial charge in [-0.15, -0.1) is 0 Å².